The Labute approximate surface area is 143 Å². The fraction of sp³-hybridized carbons (Fsp3) is 0.706. The first-order valence-corrected chi connectivity index (χ1v) is 9.31. The zero-order valence-corrected chi connectivity index (χ0v) is 15.1. The van der Waals surface area contributed by atoms with E-state index in [9.17, 15) is 0 Å². The largest absolute Gasteiger partial charge is 0.381 e. The van der Waals surface area contributed by atoms with E-state index in [2.05, 4.69) is 39.8 Å². The van der Waals surface area contributed by atoms with Crippen LogP contribution in [0.25, 0.3) is 0 Å². The topological polar surface area (TPSA) is 46.1 Å². The quantitative estimate of drug-likeness (QED) is 0.449. The van der Waals surface area contributed by atoms with E-state index in [-0.39, 0.29) is 0 Å². The molecule has 1 aliphatic heterocycles. The molecule has 0 amide bonds. The highest BCUT2D eigenvalue weighted by Gasteiger charge is 2.13. The van der Waals surface area contributed by atoms with Crippen LogP contribution in [-0.4, -0.2) is 64.0 Å². The van der Waals surface area contributed by atoms with E-state index in [0.717, 1.165) is 64.6 Å². The minimum absolute atomic E-state index is 0.386. The average Bonchev–Trinajstić information content (AvgIpc) is 3.10. The van der Waals surface area contributed by atoms with Crippen LogP contribution < -0.4 is 5.32 Å². The van der Waals surface area contributed by atoms with Crippen LogP contribution >= 0.6 is 11.3 Å². The minimum Gasteiger partial charge on any atom is -0.381 e. The molecule has 1 N–H and O–H groups in total. The molecule has 2 heterocycles. The van der Waals surface area contributed by atoms with Gasteiger partial charge < -0.3 is 19.7 Å². The molecule has 0 saturated carbocycles. The summed E-state index contributed by atoms with van der Waals surface area (Å²) in [5.74, 6) is 0.952. The molecule has 0 bridgehead atoms. The highest BCUT2D eigenvalue weighted by Crippen LogP contribution is 2.11. The molecular weight excluding hydrogens is 310 g/mol. The van der Waals surface area contributed by atoms with Crippen LogP contribution in [0.15, 0.2) is 22.5 Å². The molecule has 23 heavy (non-hydrogen) atoms. The van der Waals surface area contributed by atoms with E-state index in [1.807, 2.05) is 18.4 Å². The molecule has 2 rings (SSSR count). The van der Waals surface area contributed by atoms with Crippen LogP contribution in [-0.2, 0) is 15.9 Å². The van der Waals surface area contributed by atoms with Crippen molar-refractivity contribution in [3.05, 3.63) is 22.4 Å². The fourth-order valence-corrected chi connectivity index (χ4v) is 3.29. The lowest BCUT2D eigenvalue weighted by atomic mass is 10.1. The third-order valence-corrected chi connectivity index (χ3v) is 4.91. The number of ether oxygens (including phenoxy) is 2. The van der Waals surface area contributed by atoms with E-state index >= 15 is 0 Å². The highest BCUT2D eigenvalue weighted by molar-refractivity contribution is 7.09. The third kappa shape index (κ3) is 6.89. The van der Waals surface area contributed by atoms with Gasteiger partial charge in [-0.1, -0.05) is 6.07 Å². The predicted octanol–water partition coefficient (Wildman–Crippen LogP) is 2.38. The molecule has 1 saturated heterocycles. The van der Waals surface area contributed by atoms with Crippen molar-refractivity contribution in [2.24, 2.45) is 4.99 Å². The SMILES string of the molecule is CN=C(NCCCOC1CCOCC1)N(C)CCc1cccs1. The van der Waals surface area contributed by atoms with Gasteiger partial charge in [0.15, 0.2) is 5.96 Å². The second kappa shape index (κ2) is 10.6. The summed E-state index contributed by atoms with van der Waals surface area (Å²) in [4.78, 5) is 7.95. The van der Waals surface area contributed by atoms with Crippen LogP contribution in [0.4, 0.5) is 0 Å². The Bertz CT molecular complexity index is 445. The average molecular weight is 340 g/mol. The number of hydrogen-bond acceptors (Lipinski definition) is 4. The Hall–Kier alpha value is -1.11. The Kier molecular flexibility index (Phi) is 8.42. The molecule has 1 aromatic rings. The van der Waals surface area contributed by atoms with Crippen LogP contribution in [0, 0.1) is 0 Å². The van der Waals surface area contributed by atoms with E-state index < -0.39 is 0 Å². The number of guanidine groups is 1. The van der Waals surface area contributed by atoms with Gasteiger partial charge in [0.25, 0.3) is 0 Å². The molecule has 0 spiro atoms. The first kappa shape index (κ1) is 18.2. The van der Waals surface area contributed by atoms with Crippen molar-refractivity contribution in [1.82, 2.24) is 10.2 Å². The molecular formula is C17H29N3O2S. The second-order valence-electron chi connectivity index (χ2n) is 5.76. The van der Waals surface area contributed by atoms with Crippen molar-refractivity contribution < 1.29 is 9.47 Å². The molecule has 0 atom stereocenters. The second-order valence-corrected chi connectivity index (χ2v) is 6.79. The van der Waals surface area contributed by atoms with Gasteiger partial charge in [-0.15, -0.1) is 11.3 Å². The van der Waals surface area contributed by atoms with Gasteiger partial charge in [0.05, 0.1) is 6.10 Å². The van der Waals surface area contributed by atoms with Gasteiger partial charge in [0.1, 0.15) is 0 Å². The lowest BCUT2D eigenvalue weighted by Crippen LogP contribution is -2.40. The monoisotopic (exact) mass is 339 g/mol. The molecule has 1 aromatic heterocycles. The summed E-state index contributed by atoms with van der Waals surface area (Å²) in [7, 11) is 3.92. The van der Waals surface area contributed by atoms with Crippen molar-refractivity contribution in [3.63, 3.8) is 0 Å². The van der Waals surface area contributed by atoms with Crippen molar-refractivity contribution in [1.29, 1.82) is 0 Å². The summed E-state index contributed by atoms with van der Waals surface area (Å²) in [6, 6.07) is 4.29. The van der Waals surface area contributed by atoms with E-state index in [0.29, 0.717) is 6.10 Å². The van der Waals surface area contributed by atoms with Gasteiger partial charge in [0.2, 0.25) is 0 Å². The molecule has 130 valence electrons. The predicted molar refractivity (Wildman–Crippen MR) is 96.4 cm³/mol. The highest BCUT2D eigenvalue weighted by atomic mass is 32.1. The molecule has 0 aliphatic carbocycles. The number of nitrogens with zero attached hydrogens (tertiary/aromatic N) is 2. The third-order valence-electron chi connectivity index (χ3n) is 3.97. The van der Waals surface area contributed by atoms with Crippen molar-refractivity contribution >= 4 is 17.3 Å². The summed E-state index contributed by atoms with van der Waals surface area (Å²) in [6.45, 7) is 4.33. The fourth-order valence-electron chi connectivity index (χ4n) is 2.59. The molecule has 0 unspecified atom stereocenters. The summed E-state index contributed by atoms with van der Waals surface area (Å²) in [5.41, 5.74) is 0. The number of aliphatic imine (C=N–C) groups is 1. The Morgan fingerprint density at radius 1 is 1.48 bits per heavy atom. The standard InChI is InChI=1S/C17H29N3O2S/c1-18-17(20(2)10-6-16-5-3-14-23-16)19-9-4-11-22-15-7-12-21-13-8-15/h3,5,14-15H,4,6-13H2,1-2H3,(H,18,19). The lowest BCUT2D eigenvalue weighted by Gasteiger charge is -2.23. The van der Waals surface area contributed by atoms with Crippen LogP contribution in [0.1, 0.15) is 24.1 Å². The maximum absolute atomic E-state index is 5.88. The first-order valence-electron chi connectivity index (χ1n) is 8.43. The van der Waals surface area contributed by atoms with Gasteiger partial charge in [-0.2, -0.15) is 0 Å². The molecule has 5 nitrogen and oxygen atoms in total. The first-order chi connectivity index (χ1) is 11.3. The summed E-state index contributed by atoms with van der Waals surface area (Å²) in [5, 5.41) is 5.54. The summed E-state index contributed by atoms with van der Waals surface area (Å²) >= 11 is 1.81. The van der Waals surface area contributed by atoms with Crippen molar-refractivity contribution in [2.45, 2.75) is 31.8 Å². The molecule has 0 aromatic carbocycles. The zero-order valence-electron chi connectivity index (χ0n) is 14.3. The van der Waals surface area contributed by atoms with Gasteiger partial charge in [-0.3, -0.25) is 4.99 Å². The number of rotatable bonds is 8. The number of nitrogens with one attached hydrogen (secondary N) is 1. The van der Waals surface area contributed by atoms with Gasteiger partial charge in [-0.25, -0.2) is 0 Å². The maximum atomic E-state index is 5.88. The number of likely N-dealkylation sites (N-methyl/N-ethyl adjacent to an activating group) is 1. The van der Waals surface area contributed by atoms with E-state index in [4.69, 9.17) is 9.47 Å². The van der Waals surface area contributed by atoms with Crippen LogP contribution in [0.2, 0.25) is 0 Å². The van der Waals surface area contributed by atoms with E-state index in [1.54, 1.807) is 0 Å². The summed E-state index contributed by atoms with van der Waals surface area (Å²) < 4.78 is 11.2. The Morgan fingerprint density at radius 2 is 2.30 bits per heavy atom. The Morgan fingerprint density at radius 3 is 3.00 bits per heavy atom. The normalized spacial score (nSPS) is 16.5. The molecule has 1 aliphatic rings. The smallest absolute Gasteiger partial charge is 0.193 e. The van der Waals surface area contributed by atoms with Crippen LogP contribution in [0.5, 0.6) is 0 Å². The van der Waals surface area contributed by atoms with Gasteiger partial charge in [0, 0.05) is 51.9 Å². The summed E-state index contributed by atoms with van der Waals surface area (Å²) in [6.07, 6.45) is 4.49. The lowest BCUT2D eigenvalue weighted by molar-refractivity contribution is -0.0320. The number of hydrogen-bond donors (Lipinski definition) is 1. The Balaban J connectivity index is 1.56. The van der Waals surface area contributed by atoms with Crippen molar-refractivity contribution in [2.75, 3.05) is 47.0 Å². The van der Waals surface area contributed by atoms with Crippen LogP contribution in [0.3, 0.4) is 0 Å². The van der Waals surface area contributed by atoms with E-state index in [1.165, 1.54) is 4.88 Å². The number of thiophene rings is 1. The van der Waals surface area contributed by atoms with Crippen molar-refractivity contribution in [3.8, 4) is 0 Å². The van der Waals surface area contributed by atoms with Gasteiger partial charge in [-0.05, 0) is 37.1 Å². The molecule has 6 heteroatoms. The maximum Gasteiger partial charge on any atom is 0.193 e. The molecule has 1 fully saturated rings. The van der Waals surface area contributed by atoms with Gasteiger partial charge >= 0.3 is 0 Å². The zero-order chi connectivity index (χ0) is 16.3. The molecule has 0 radical (unpaired) electrons. The minimum atomic E-state index is 0.386.